The zero-order valence-corrected chi connectivity index (χ0v) is 35.9. The standard InChI is InChI=1S/C17H32O6Si.C12H19BrO5.C3H10OSi.C2H4/c1-8-14-11(2)15(21-12(3)18)16(22-13(4)19)17(23-14)20-9-10-24(5,6)7;1-5-9-6(2)10(16-7(3)14)11(12(13)18-9)17-8(4)15;1-5(2,3)4;1-2/h11,14-17H,8-10H2,1-7H3;6,9-12H,5H2,1-4H3;4H,1-3H3;1-2H2/t11-,14-,15+,16-,17-;6-,9-,10+,11-,12+;;/m11../s1. The van der Waals surface area contributed by atoms with Gasteiger partial charge in [0.2, 0.25) is 0 Å². The van der Waals surface area contributed by atoms with Crippen molar-refractivity contribution in [2.75, 3.05) is 6.61 Å². The highest BCUT2D eigenvalue weighted by Crippen LogP contribution is 2.35. The molecule has 0 aliphatic carbocycles. The lowest BCUT2D eigenvalue weighted by molar-refractivity contribution is -0.289. The maximum atomic E-state index is 11.5. The van der Waals surface area contributed by atoms with Crippen molar-refractivity contribution < 1.29 is 57.1 Å². The number of carbonyl (C=O) groups is 4. The Kier molecular flexibility index (Phi) is 24.0. The fourth-order valence-corrected chi connectivity index (χ4v) is 6.39. The summed E-state index contributed by atoms with van der Waals surface area (Å²) in [6.07, 6.45) is -1.72. The predicted octanol–water partition coefficient (Wildman–Crippen LogP) is 6.61. The van der Waals surface area contributed by atoms with Crippen LogP contribution in [0.15, 0.2) is 13.2 Å². The first-order valence-corrected chi connectivity index (χ1v) is 25.0. The van der Waals surface area contributed by atoms with Crippen molar-refractivity contribution in [3.05, 3.63) is 13.2 Å². The van der Waals surface area contributed by atoms with Gasteiger partial charge in [-0.3, -0.25) is 19.2 Å². The molecule has 0 spiro atoms. The quantitative estimate of drug-likeness (QED) is 0.0832. The van der Waals surface area contributed by atoms with E-state index in [1.54, 1.807) is 0 Å². The van der Waals surface area contributed by atoms with Crippen LogP contribution in [0.3, 0.4) is 0 Å². The third-order valence-electron chi connectivity index (χ3n) is 7.14. The number of alkyl halides is 1. The summed E-state index contributed by atoms with van der Waals surface area (Å²) in [4.78, 5) is 53.9. The second-order valence-corrected chi connectivity index (χ2v) is 25.1. The number of halogens is 1. The first-order chi connectivity index (χ1) is 22.4. The van der Waals surface area contributed by atoms with E-state index >= 15 is 0 Å². The molecule has 1 N–H and O–H groups in total. The summed E-state index contributed by atoms with van der Waals surface area (Å²) < 4.78 is 39.0. The predicted molar refractivity (Wildman–Crippen MR) is 198 cm³/mol. The number of esters is 4. The van der Waals surface area contributed by atoms with Crippen LogP contribution in [0.2, 0.25) is 45.3 Å². The van der Waals surface area contributed by atoms with Crippen LogP contribution < -0.4 is 0 Å². The van der Waals surface area contributed by atoms with E-state index in [0.29, 0.717) is 6.61 Å². The summed E-state index contributed by atoms with van der Waals surface area (Å²) in [5, 5.41) is -0.466. The van der Waals surface area contributed by atoms with E-state index in [2.05, 4.69) is 48.7 Å². The molecule has 15 heteroatoms. The van der Waals surface area contributed by atoms with E-state index < -0.39 is 70.0 Å². The fourth-order valence-electron chi connectivity index (χ4n) is 4.98. The van der Waals surface area contributed by atoms with Crippen molar-refractivity contribution in [1.82, 2.24) is 0 Å². The van der Waals surface area contributed by atoms with E-state index in [1.165, 1.54) is 27.7 Å². The van der Waals surface area contributed by atoms with Crippen molar-refractivity contribution >= 4 is 56.2 Å². The van der Waals surface area contributed by atoms with Gasteiger partial charge in [-0.2, -0.15) is 0 Å². The van der Waals surface area contributed by atoms with Gasteiger partial charge in [0.15, 0.2) is 31.8 Å². The largest absolute Gasteiger partial charge is 0.458 e. The van der Waals surface area contributed by atoms with Crippen LogP contribution in [0.4, 0.5) is 0 Å². The van der Waals surface area contributed by atoms with Gasteiger partial charge in [-0.05, 0) is 38.5 Å². The minimum Gasteiger partial charge on any atom is -0.458 e. The molecule has 0 aromatic carbocycles. The lowest BCUT2D eigenvalue weighted by Gasteiger charge is -2.44. The number of hydrogen-bond acceptors (Lipinski definition) is 12. The Morgan fingerprint density at radius 2 is 1.00 bits per heavy atom. The molecule has 2 fully saturated rings. The maximum Gasteiger partial charge on any atom is 0.303 e. The summed E-state index contributed by atoms with van der Waals surface area (Å²) >= 11 is 3.33. The van der Waals surface area contributed by atoms with Crippen molar-refractivity contribution in [2.24, 2.45) is 11.8 Å². The molecule has 2 rings (SSSR count). The van der Waals surface area contributed by atoms with Crippen LogP contribution in [-0.4, -0.2) is 99.6 Å². The third-order valence-corrected chi connectivity index (χ3v) is 9.59. The Morgan fingerprint density at radius 1 is 0.673 bits per heavy atom. The second-order valence-electron chi connectivity index (χ2n) is 14.3. The Balaban J connectivity index is 0. The highest BCUT2D eigenvalue weighted by Gasteiger charge is 2.48. The fraction of sp³-hybridized carbons (Fsp3) is 0.824. The molecule has 0 unspecified atom stereocenters. The molecule has 49 heavy (non-hydrogen) atoms. The zero-order chi connectivity index (χ0) is 38.9. The zero-order valence-electron chi connectivity index (χ0n) is 32.3. The van der Waals surface area contributed by atoms with Gasteiger partial charge in [0.25, 0.3) is 0 Å². The van der Waals surface area contributed by atoms with Crippen LogP contribution in [-0.2, 0) is 52.3 Å². The lowest BCUT2D eigenvalue weighted by atomic mass is 9.89. The molecule has 10 atom stereocenters. The van der Waals surface area contributed by atoms with Gasteiger partial charge in [0.1, 0.15) is 12.2 Å². The number of hydrogen-bond donors (Lipinski definition) is 1. The van der Waals surface area contributed by atoms with Crippen molar-refractivity contribution in [1.29, 1.82) is 0 Å². The van der Waals surface area contributed by atoms with E-state index in [-0.39, 0.29) is 30.0 Å². The highest BCUT2D eigenvalue weighted by atomic mass is 79.9. The van der Waals surface area contributed by atoms with Gasteiger partial charge in [0.05, 0.1) is 12.2 Å². The molecule has 2 aliphatic rings. The van der Waals surface area contributed by atoms with Gasteiger partial charge < -0.3 is 38.0 Å². The van der Waals surface area contributed by atoms with Gasteiger partial charge in [-0.1, -0.05) is 63.3 Å². The number of carbonyl (C=O) groups excluding carboxylic acids is 4. The summed E-state index contributed by atoms with van der Waals surface area (Å²) in [5.74, 6) is -1.77. The van der Waals surface area contributed by atoms with Gasteiger partial charge in [-0.15, -0.1) is 13.2 Å². The summed E-state index contributed by atoms with van der Waals surface area (Å²) in [5.41, 5.74) is 0. The van der Waals surface area contributed by atoms with Gasteiger partial charge in [0, 0.05) is 54.2 Å². The van der Waals surface area contributed by atoms with Crippen molar-refractivity contribution in [3.63, 3.8) is 0 Å². The Morgan fingerprint density at radius 3 is 1.35 bits per heavy atom. The molecule has 2 aliphatic heterocycles. The smallest absolute Gasteiger partial charge is 0.303 e. The van der Waals surface area contributed by atoms with Crippen LogP contribution in [0.5, 0.6) is 0 Å². The number of ether oxygens (including phenoxy) is 7. The molecule has 12 nitrogen and oxygen atoms in total. The minimum absolute atomic E-state index is 0.0305. The second kappa shape index (κ2) is 23.8. The third kappa shape index (κ3) is 21.4. The maximum absolute atomic E-state index is 11.5. The molecule has 2 heterocycles. The molecule has 0 radical (unpaired) electrons. The summed E-state index contributed by atoms with van der Waals surface area (Å²) in [6.45, 7) is 32.2. The van der Waals surface area contributed by atoms with Crippen LogP contribution >= 0.6 is 15.9 Å². The molecular formula is C34H65BrO12Si2. The monoisotopic (exact) mass is 800 g/mol. The normalized spacial score (nSPS) is 29.6. The van der Waals surface area contributed by atoms with E-state index in [4.69, 9.17) is 38.0 Å². The molecule has 288 valence electrons. The van der Waals surface area contributed by atoms with E-state index in [9.17, 15) is 19.2 Å². The Hall–Kier alpha value is -1.63. The van der Waals surface area contributed by atoms with E-state index in [1.807, 2.05) is 47.3 Å². The topological polar surface area (TPSA) is 153 Å². The SMILES string of the molecule is C=C.CC[C@H]1O[C@@H](OCC[Si](C)(C)C)[C@H](OC(C)=O)[C@@H](OC(C)=O)[C@@H]1C.CC[C@H]1O[C@H](Br)[C@H](OC(C)=O)[C@@H](OC(C)=O)[C@@H]1C.C[Si](C)(C)O. The van der Waals surface area contributed by atoms with E-state index in [0.717, 1.165) is 18.9 Å². The average molecular weight is 802 g/mol. The van der Waals surface area contributed by atoms with Gasteiger partial charge >= 0.3 is 23.9 Å². The molecule has 2 saturated heterocycles. The van der Waals surface area contributed by atoms with Gasteiger partial charge in [-0.25, -0.2) is 0 Å². The van der Waals surface area contributed by atoms with Crippen molar-refractivity contribution in [3.8, 4) is 0 Å². The minimum atomic E-state index is -1.61. The molecule has 0 amide bonds. The Bertz CT molecular complexity index is 997. The van der Waals surface area contributed by atoms with Crippen LogP contribution in [0.25, 0.3) is 0 Å². The van der Waals surface area contributed by atoms with Crippen LogP contribution in [0.1, 0.15) is 68.2 Å². The lowest BCUT2D eigenvalue weighted by Crippen LogP contribution is -2.57. The first-order valence-electron chi connectivity index (χ1n) is 16.9. The first kappa shape index (κ1) is 49.5. The number of rotatable bonds is 10. The Labute approximate surface area is 305 Å². The van der Waals surface area contributed by atoms with Crippen molar-refractivity contribution in [2.45, 2.75) is 161 Å². The summed E-state index contributed by atoms with van der Waals surface area (Å²) in [7, 11) is -2.86. The molecule has 0 aromatic rings. The van der Waals surface area contributed by atoms with Crippen LogP contribution in [0, 0.1) is 11.8 Å². The molecular weight excluding hydrogens is 736 g/mol. The summed E-state index contributed by atoms with van der Waals surface area (Å²) in [6, 6.07) is 0.976. The average Bonchev–Trinajstić information content (AvgIpc) is 2.94. The molecule has 0 bridgehead atoms. The molecule has 0 aromatic heterocycles. The highest BCUT2D eigenvalue weighted by molar-refractivity contribution is 9.09. The molecule has 0 saturated carbocycles.